The molecule has 0 saturated carbocycles. The first-order valence-electron chi connectivity index (χ1n) is 7.78. The van der Waals surface area contributed by atoms with Gasteiger partial charge in [-0.05, 0) is 55.5 Å². The van der Waals surface area contributed by atoms with Gasteiger partial charge in [-0.3, -0.25) is 0 Å². The number of carbonyl (C=O) groups is 1. The number of rotatable bonds is 4. The lowest BCUT2D eigenvalue weighted by Crippen LogP contribution is -2.15. The van der Waals surface area contributed by atoms with Gasteiger partial charge in [0.05, 0.1) is 11.1 Å². The molecule has 1 aromatic heterocycles. The van der Waals surface area contributed by atoms with Crippen LogP contribution in [0.4, 0.5) is 0 Å². The summed E-state index contributed by atoms with van der Waals surface area (Å²) < 4.78 is 2.24. The van der Waals surface area contributed by atoms with Crippen molar-refractivity contribution < 1.29 is 9.90 Å². The first-order valence-corrected chi connectivity index (χ1v) is 7.78. The Bertz CT molecular complexity index is 706. The van der Waals surface area contributed by atoms with E-state index in [1.807, 2.05) is 6.07 Å². The van der Waals surface area contributed by atoms with Crippen LogP contribution in [0.3, 0.4) is 0 Å². The van der Waals surface area contributed by atoms with Crippen LogP contribution in [0, 0.1) is 0 Å². The minimum Gasteiger partial charge on any atom is -0.478 e. The lowest BCUT2D eigenvalue weighted by Gasteiger charge is -2.23. The van der Waals surface area contributed by atoms with E-state index in [2.05, 4.69) is 45.4 Å². The number of aromatic nitrogens is 1. The molecule has 0 spiro atoms. The fraction of sp³-hybridized carbons (Fsp3) is 0.500. The lowest BCUT2D eigenvalue weighted by atomic mass is 9.84. The molecule has 4 nitrogen and oxygen atoms in total. The van der Waals surface area contributed by atoms with Crippen LogP contribution in [0.2, 0.25) is 0 Å². The normalized spacial score (nSPS) is 12.3. The highest BCUT2D eigenvalue weighted by atomic mass is 16.4. The van der Waals surface area contributed by atoms with E-state index < -0.39 is 5.97 Å². The predicted molar refractivity (Wildman–Crippen MR) is 90.7 cm³/mol. The maximum atomic E-state index is 11.5. The van der Waals surface area contributed by atoms with Crippen molar-refractivity contribution in [2.75, 3.05) is 6.54 Å². The number of hydrogen-bond donors (Lipinski definition) is 2. The maximum absolute atomic E-state index is 11.5. The fourth-order valence-electron chi connectivity index (χ4n) is 2.92. The van der Waals surface area contributed by atoms with Crippen LogP contribution in [-0.2, 0) is 11.8 Å². The third-order valence-electron chi connectivity index (χ3n) is 4.03. The topological polar surface area (TPSA) is 68.2 Å². The Hall–Kier alpha value is -1.81. The highest BCUT2D eigenvalue weighted by molar-refractivity contribution is 5.97. The summed E-state index contributed by atoms with van der Waals surface area (Å²) in [5, 5.41) is 10.5. The second-order valence-corrected chi connectivity index (χ2v) is 7.17. The first-order chi connectivity index (χ1) is 10.2. The molecule has 0 aliphatic heterocycles. The maximum Gasteiger partial charge on any atom is 0.335 e. The minimum absolute atomic E-state index is 0.130. The second kappa shape index (κ2) is 5.76. The van der Waals surface area contributed by atoms with Gasteiger partial charge in [0.2, 0.25) is 0 Å². The number of aromatic carboxylic acids is 1. The number of nitrogens with zero attached hydrogens (tertiary/aromatic N) is 1. The van der Waals surface area contributed by atoms with Crippen LogP contribution < -0.4 is 5.73 Å². The van der Waals surface area contributed by atoms with Crippen LogP contribution in [0.5, 0.6) is 0 Å². The molecule has 0 atom stereocenters. The molecule has 0 unspecified atom stereocenters. The molecule has 2 aromatic rings. The van der Waals surface area contributed by atoms with E-state index in [1.165, 1.54) is 0 Å². The third-order valence-corrected chi connectivity index (χ3v) is 4.03. The highest BCUT2D eigenvalue weighted by Gasteiger charge is 2.24. The lowest BCUT2D eigenvalue weighted by molar-refractivity contribution is 0.0697. The van der Waals surface area contributed by atoms with Crippen LogP contribution in [-0.4, -0.2) is 22.2 Å². The molecule has 0 bridgehead atoms. The number of nitrogens with two attached hydrogens (primary N) is 1. The van der Waals surface area contributed by atoms with E-state index in [4.69, 9.17) is 5.73 Å². The van der Waals surface area contributed by atoms with Crippen LogP contribution >= 0.6 is 0 Å². The van der Waals surface area contributed by atoms with Gasteiger partial charge in [-0.1, -0.05) is 20.8 Å². The van der Waals surface area contributed by atoms with Gasteiger partial charge in [0, 0.05) is 17.6 Å². The molecule has 0 saturated heterocycles. The van der Waals surface area contributed by atoms with Crippen molar-refractivity contribution in [2.45, 2.75) is 52.5 Å². The molecule has 3 N–H and O–H groups in total. The van der Waals surface area contributed by atoms with Crippen LogP contribution in [0.15, 0.2) is 18.3 Å². The SMILES string of the molecule is CC(C)n1cc(CCN)c2cc(C(=O)O)cc(C(C)(C)C)c21. The largest absolute Gasteiger partial charge is 0.478 e. The van der Waals surface area contributed by atoms with E-state index in [0.29, 0.717) is 18.2 Å². The van der Waals surface area contributed by atoms with Crippen molar-refractivity contribution in [2.24, 2.45) is 5.73 Å². The van der Waals surface area contributed by atoms with Gasteiger partial charge < -0.3 is 15.4 Å². The smallest absolute Gasteiger partial charge is 0.335 e. The number of fused-ring (bicyclic) bond motifs is 1. The predicted octanol–water partition coefficient (Wildman–Crippen LogP) is 3.72. The van der Waals surface area contributed by atoms with Gasteiger partial charge >= 0.3 is 5.97 Å². The summed E-state index contributed by atoms with van der Waals surface area (Å²) in [4.78, 5) is 11.5. The van der Waals surface area contributed by atoms with E-state index in [0.717, 1.165) is 28.5 Å². The highest BCUT2D eigenvalue weighted by Crippen LogP contribution is 2.35. The Morgan fingerprint density at radius 3 is 2.41 bits per heavy atom. The van der Waals surface area contributed by atoms with Crippen molar-refractivity contribution in [1.82, 2.24) is 4.57 Å². The van der Waals surface area contributed by atoms with Crippen molar-refractivity contribution >= 4 is 16.9 Å². The zero-order chi connectivity index (χ0) is 16.7. The van der Waals surface area contributed by atoms with Crippen molar-refractivity contribution in [3.63, 3.8) is 0 Å². The summed E-state index contributed by atoms with van der Waals surface area (Å²) in [7, 11) is 0. The Labute approximate surface area is 131 Å². The molecule has 2 rings (SSSR count). The Morgan fingerprint density at radius 1 is 1.32 bits per heavy atom. The average molecular weight is 302 g/mol. The molecular formula is C18H26N2O2. The summed E-state index contributed by atoms with van der Waals surface area (Å²) in [5.74, 6) is -0.886. The Kier molecular flexibility index (Phi) is 4.34. The van der Waals surface area contributed by atoms with E-state index in [-0.39, 0.29) is 5.41 Å². The number of carboxylic acids is 1. The second-order valence-electron chi connectivity index (χ2n) is 7.17. The zero-order valence-corrected chi connectivity index (χ0v) is 14.1. The summed E-state index contributed by atoms with van der Waals surface area (Å²) >= 11 is 0. The van der Waals surface area contributed by atoms with Gasteiger partial charge in [0.25, 0.3) is 0 Å². The average Bonchev–Trinajstić information content (AvgIpc) is 2.76. The number of carboxylic acid groups (broad SMARTS) is 1. The van der Waals surface area contributed by atoms with Gasteiger partial charge in [-0.25, -0.2) is 4.79 Å². The molecule has 0 radical (unpaired) electrons. The molecule has 4 heteroatoms. The van der Waals surface area contributed by atoms with E-state index in [1.54, 1.807) is 6.07 Å². The van der Waals surface area contributed by atoms with Gasteiger partial charge in [0.1, 0.15) is 0 Å². The molecule has 0 fully saturated rings. The van der Waals surface area contributed by atoms with Gasteiger partial charge in [0.15, 0.2) is 0 Å². The van der Waals surface area contributed by atoms with Gasteiger partial charge in [-0.15, -0.1) is 0 Å². The molecule has 120 valence electrons. The molecule has 0 aliphatic rings. The van der Waals surface area contributed by atoms with Crippen LogP contribution in [0.25, 0.3) is 10.9 Å². The summed E-state index contributed by atoms with van der Waals surface area (Å²) in [6, 6.07) is 3.91. The summed E-state index contributed by atoms with van der Waals surface area (Å²) in [6.07, 6.45) is 2.88. The fourth-order valence-corrected chi connectivity index (χ4v) is 2.92. The molecule has 1 heterocycles. The quantitative estimate of drug-likeness (QED) is 0.904. The summed E-state index contributed by atoms with van der Waals surface area (Å²) in [6.45, 7) is 11.2. The standard InChI is InChI=1S/C18H26N2O2/c1-11(2)20-10-12(6-7-19)14-8-13(17(21)22)9-15(16(14)20)18(3,4)5/h8-11H,6-7,19H2,1-5H3,(H,21,22). The third kappa shape index (κ3) is 2.88. The Morgan fingerprint density at radius 2 is 1.95 bits per heavy atom. The summed E-state index contributed by atoms with van der Waals surface area (Å²) in [5.41, 5.74) is 9.28. The van der Waals surface area contributed by atoms with E-state index >= 15 is 0 Å². The number of benzene rings is 1. The Balaban J connectivity index is 2.92. The molecule has 1 aromatic carbocycles. The monoisotopic (exact) mass is 302 g/mol. The molecular weight excluding hydrogens is 276 g/mol. The molecule has 22 heavy (non-hydrogen) atoms. The van der Waals surface area contributed by atoms with Crippen molar-refractivity contribution in [3.8, 4) is 0 Å². The molecule has 0 amide bonds. The van der Waals surface area contributed by atoms with Crippen molar-refractivity contribution in [1.29, 1.82) is 0 Å². The van der Waals surface area contributed by atoms with Crippen LogP contribution in [0.1, 0.15) is 62.1 Å². The van der Waals surface area contributed by atoms with Crippen molar-refractivity contribution in [3.05, 3.63) is 35.0 Å². The van der Waals surface area contributed by atoms with Gasteiger partial charge in [-0.2, -0.15) is 0 Å². The first kappa shape index (κ1) is 16.6. The minimum atomic E-state index is -0.886. The number of hydrogen-bond acceptors (Lipinski definition) is 2. The van der Waals surface area contributed by atoms with E-state index in [9.17, 15) is 9.90 Å². The zero-order valence-electron chi connectivity index (χ0n) is 14.1. The molecule has 0 aliphatic carbocycles.